The van der Waals surface area contributed by atoms with Crippen LogP contribution < -0.4 is 10.2 Å². The molecule has 0 bridgehead atoms. The number of amides is 2. The average Bonchev–Trinajstić information content (AvgIpc) is 3.27. The maximum atomic E-state index is 12.1. The number of methoxy groups -OCH3 is 1. The molecule has 9 nitrogen and oxygen atoms in total. The summed E-state index contributed by atoms with van der Waals surface area (Å²) in [5.74, 6) is 2.22. The Labute approximate surface area is 186 Å². The fourth-order valence-electron chi connectivity index (χ4n) is 3.18. The van der Waals surface area contributed by atoms with E-state index in [4.69, 9.17) is 14.1 Å². The van der Waals surface area contributed by atoms with Gasteiger partial charge in [0.1, 0.15) is 11.6 Å². The predicted octanol–water partition coefficient (Wildman–Crippen LogP) is 1.97. The van der Waals surface area contributed by atoms with Crippen LogP contribution in [0.1, 0.15) is 35.9 Å². The number of aryl methyl sites for hydroxylation is 1. The lowest BCUT2D eigenvalue weighted by molar-refractivity contribution is -0.129. The van der Waals surface area contributed by atoms with Crippen molar-refractivity contribution in [3.8, 4) is 0 Å². The van der Waals surface area contributed by atoms with Crippen molar-refractivity contribution in [2.24, 2.45) is 0 Å². The van der Waals surface area contributed by atoms with Crippen LogP contribution in [0.5, 0.6) is 0 Å². The molecule has 1 fully saturated rings. The molecule has 0 spiro atoms. The summed E-state index contributed by atoms with van der Waals surface area (Å²) < 4.78 is 10.6. The Morgan fingerprint density at radius 2 is 2.00 bits per heavy atom. The lowest BCUT2D eigenvalue weighted by Crippen LogP contribution is -2.48. The molecular weight excluding hydrogens is 418 g/mol. The number of furan rings is 1. The van der Waals surface area contributed by atoms with Gasteiger partial charge in [-0.25, -0.2) is 9.97 Å². The minimum Gasteiger partial charge on any atom is -0.455 e. The Balaban J connectivity index is 1.61. The summed E-state index contributed by atoms with van der Waals surface area (Å²) in [6.45, 7) is 7.46. The number of rotatable bonds is 9. The van der Waals surface area contributed by atoms with Crippen molar-refractivity contribution in [3.63, 3.8) is 0 Å². The minimum atomic E-state index is -0.260. The molecule has 3 heterocycles. The first-order valence-corrected chi connectivity index (χ1v) is 11.4. The van der Waals surface area contributed by atoms with Crippen LogP contribution >= 0.6 is 11.8 Å². The molecule has 1 aliphatic rings. The molecule has 0 unspecified atom stereocenters. The number of nitrogens with zero attached hydrogens (tertiary/aromatic N) is 4. The number of anilines is 1. The van der Waals surface area contributed by atoms with Gasteiger partial charge in [0.2, 0.25) is 5.91 Å². The first-order chi connectivity index (χ1) is 15.0. The molecule has 1 N–H and O–H groups in total. The van der Waals surface area contributed by atoms with Crippen LogP contribution in [0.2, 0.25) is 0 Å². The summed E-state index contributed by atoms with van der Waals surface area (Å²) >= 11 is 1.47. The Morgan fingerprint density at radius 3 is 2.68 bits per heavy atom. The molecule has 0 atom stereocenters. The summed E-state index contributed by atoms with van der Waals surface area (Å²) in [5.41, 5.74) is 0.971. The van der Waals surface area contributed by atoms with Gasteiger partial charge < -0.3 is 24.3 Å². The molecule has 0 aliphatic carbocycles. The Morgan fingerprint density at radius 1 is 1.23 bits per heavy atom. The number of nitrogens with one attached hydrogen (secondary N) is 1. The van der Waals surface area contributed by atoms with Crippen molar-refractivity contribution < 1.29 is 18.7 Å². The highest BCUT2D eigenvalue weighted by molar-refractivity contribution is 7.98. The van der Waals surface area contributed by atoms with Gasteiger partial charge in [-0.1, -0.05) is 18.7 Å². The number of hydrogen-bond acceptors (Lipinski definition) is 8. The highest BCUT2D eigenvalue weighted by atomic mass is 32.2. The van der Waals surface area contributed by atoms with E-state index in [1.54, 1.807) is 26.2 Å². The molecule has 2 aromatic heterocycles. The Kier molecular flexibility index (Phi) is 8.30. The van der Waals surface area contributed by atoms with E-state index < -0.39 is 0 Å². The third kappa shape index (κ3) is 6.44. The van der Waals surface area contributed by atoms with E-state index in [1.165, 1.54) is 11.8 Å². The van der Waals surface area contributed by atoms with Crippen molar-refractivity contribution in [2.75, 3.05) is 51.3 Å². The first-order valence-electron chi connectivity index (χ1n) is 10.4. The summed E-state index contributed by atoms with van der Waals surface area (Å²) in [5, 5.41) is 3.41. The highest BCUT2D eigenvalue weighted by Crippen LogP contribution is 2.25. The van der Waals surface area contributed by atoms with Crippen LogP contribution in [-0.4, -0.2) is 73.1 Å². The minimum absolute atomic E-state index is 0.109. The maximum Gasteiger partial charge on any atom is 0.287 e. The molecule has 3 rings (SSSR count). The zero-order chi connectivity index (χ0) is 22.2. The van der Waals surface area contributed by atoms with Crippen LogP contribution in [0.3, 0.4) is 0 Å². The molecular formula is C21H29N5O4S. The Hall–Kier alpha value is -2.59. The normalized spacial score (nSPS) is 14.0. The largest absolute Gasteiger partial charge is 0.455 e. The van der Waals surface area contributed by atoms with E-state index in [-0.39, 0.29) is 17.6 Å². The molecule has 0 radical (unpaired) electrons. The number of hydrogen-bond donors (Lipinski definition) is 1. The van der Waals surface area contributed by atoms with Gasteiger partial charge in [0.15, 0.2) is 10.9 Å². The third-order valence-electron chi connectivity index (χ3n) is 4.98. The van der Waals surface area contributed by atoms with Crippen LogP contribution in [0.25, 0.3) is 0 Å². The number of carbonyl (C=O) groups excluding carboxylic acids is 2. The van der Waals surface area contributed by atoms with Crippen molar-refractivity contribution >= 4 is 29.4 Å². The second-order valence-electron chi connectivity index (χ2n) is 7.15. The number of aromatic nitrogens is 2. The smallest absolute Gasteiger partial charge is 0.287 e. The van der Waals surface area contributed by atoms with Gasteiger partial charge in [-0.3, -0.25) is 9.59 Å². The zero-order valence-corrected chi connectivity index (χ0v) is 19.0. The summed E-state index contributed by atoms with van der Waals surface area (Å²) in [6.07, 6.45) is 0.809. The predicted molar refractivity (Wildman–Crippen MR) is 118 cm³/mol. The number of piperazine rings is 1. The fourth-order valence-corrected chi connectivity index (χ4v) is 3.95. The van der Waals surface area contributed by atoms with Gasteiger partial charge in [0.05, 0.1) is 12.4 Å². The maximum absolute atomic E-state index is 12.1. The number of thioether (sulfide) groups is 1. The summed E-state index contributed by atoms with van der Waals surface area (Å²) in [4.78, 5) is 37.0. The molecule has 2 amide bonds. The molecule has 0 saturated carbocycles. The molecule has 0 aromatic carbocycles. The fraction of sp³-hybridized carbons (Fsp3) is 0.524. The van der Waals surface area contributed by atoms with Gasteiger partial charge >= 0.3 is 0 Å². The van der Waals surface area contributed by atoms with Gasteiger partial charge in [-0.05, 0) is 18.6 Å². The van der Waals surface area contributed by atoms with E-state index in [0.29, 0.717) is 42.9 Å². The van der Waals surface area contributed by atoms with Gasteiger partial charge in [-0.15, -0.1) is 0 Å². The number of ether oxygens (including phenoxy) is 1. The first kappa shape index (κ1) is 23.1. The third-order valence-corrected chi connectivity index (χ3v) is 5.85. The van der Waals surface area contributed by atoms with Gasteiger partial charge in [0.25, 0.3) is 5.91 Å². The average molecular weight is 448 g/mol. The van der Waals surface area contributed by atoms with Crippen LogP contribution in [0.4, 0.5) is 5.82 Å². The van der Waals surface area contributed by atoms with Crippen LogP contribution in [0, 0.1) is 0 Å². The molecule has 1 saturated heterocycles. The lowest BCUT2D eigenvalue weighted by atomic mass is 10.2. The molecule has 1 aliphatic heterocycles. The summed E-state index contributed by atoms with van der Waals surface area (Å²) in [6, 6.07) is 5.48. The summed E-state index contributed by atoms with van der Waals surface area (Å²) in [7, 11) is 1.58. The van der Waals surface area contributed by atoms with Crippen LogP contribution in [0.15, 0.2) is 27.8 Å². The van der Waals surface area contributed by atoms with E-state index in [0.717, 1.165) is 31.0 Å². The number of carbonyl (C=O) groups is 2. The van der Waals surface area contributed by atoms with Crippen LogP contribution in [-0.2, 0) is 21.7 Å². The molecule has 31 heavy (non-hydrogen) atoms. The quantitative estimate of drug-likeness (QED) is 0.354. The Bertz CT molecular complexity index is 896. The monoisotopic (exact) mass is 447 g/mol. The second kappa shape index (κ2) is 11.1. The van der Waals surface area contributed by atoms with E-state index in [1.807, 2.05) is 11.0 Å². The van der Waals surface area contributed by atoms with E-state index in [2.05, 4.69) is 22.1 Å². The topological polar surface area (TPSA) is 101 Å². The van der Waals surface area contributed by atoms with Gasteiger partial charge in [-0.2, -0.15) is 0 Å². The lowest BCUT2D eigenvalue weighted by Gasteiger charge is -2.35. The standard InChI is InChI=1S/C21H29N5O4S/c1-4-16-13-19(26-10-8-25(9-11-26)15(2)27)24-21(23-16)31-14-17-5-6-18(30-17)20(28)22-7-12-29-3/h5-6,13H,4,7-12,14H2,1-3H3,(H,22,28). The zero-order valence-electron chi connectivity index (χ0n) is 18.2. The van der Waals surface area contributed by atoms with E-state index >= 15 is 0 Å². The second-order valence-corrected chi connectivity index (χ2v) is 8.09. The van der Waals surface area contributed by atoms with Crippen molar-refractivity contribution in [3.05, 3.63) is 35.4 Å². The highest BCUT2D eigenvalue weighted by Gasteiger charge is 2.21. The molecule has 10 heteroatoms. The SMILES string of the molecule is CCc1cc(N2CCN(C(C)=O)CC2)nc(SCc2ccc(C(=O)NCCOC)o2)n1. The van der Waals surface area contributed by atoms with Crippen molar-refractivity contribution in [1.29, 1.82) is 0 Å². The van der Waals surface area contributed by atoms with Crippen molar-refractivity contribution in [2.45, 2.75) is 31.2 Å². The van der Waals surface area contributed by atoms with E-state index in [9.17, 15) is 9.59 Å². The van der Waals surface area contributed by atoms with Crippen molar-refractivity contribution in [1.82, 2.24) is 20.2 Å². The molecule has 2 aromatic rings. The molecule has 168 valence electrons. The van der Waals surface area contributed by atoms with Gasteiger partial charge in [0, 0.05) is 58.5 Å².